The predicted octanol–water partition coefficient (Wildman–Crippen LogP) is 1.67. The average Bonchev–Trinajstić information content (AvgIpc) is 2.31. The van der Waals surface area contributed by atoms with E-state index in [9.17, 15) is 5.21 Å². The van der Waals surface area contributed by atoms with Crippen molar-refractivity contribution in [2.24, 2.45) is 0 Å². The van der Waals surface area contributed by atoms with Crippen LogP contribution in [-0.4, -0.2) is 18.4 Å². The first-order valence-corrected chi connectivity index (χ1v) is 4.92. The Hall–Kier alpha value is -0.900. The second kappa shape index (κ2) is 4.09. The molecule has 1 fully saturated rings. The molecule has 0 amide bonds. The zero-order valence-corrected chi connectivity index (χ0v) is 8.07. The van der Waals surface area contributed by atoms with Crippen LogP contribution in [0.3, 0.4) is 0 Å². The van der Waals surface area contributed by atoms with E-state index in [1.165, 1.54) is 0 Å². The third-order valence-corrected chi connectivity index (χ3v) is 2.89. The molecule has 3 heteroatoms. The highest BCUT2D eigenvalue weighted by molar-refractivity contribution is 5.24. The van der Waals surface area contributed by atoms with Gasteiger partial charge in [-0.15, -0.1) is 0 Å². The maximum atomic E-state index is 9.29. The van der Waals surface area contributed by atoms with Gasteiger partial charge in [0.1, 0.15) is 0 Å². The maximum Gasteiger partial charge on any atom is 0.0722 e. The third kappa shape index (κ3) is 1.66. The molecular formula is C11H15NO2. The second-order valence-corrected chi connectivity index (χ2v) is 3.67. The largest absolute Gasteiger partial charge is 0.381 e. The zero-order valence-electron chi connectivity index (χ0n) is 8.07. The molecule has 0 aromatic heterocycles. The first kappa shape index (κ1) is 9.65. The molecule has 1 heterocycles. The van der Waals surface area contributed by atoms with E-state index in [4.69, 9.17) is 4.74 Å². The molecule has 1 saturated heterocycles. The van der Waals surface area contributed by atoms with Gasteiger partial charge >= 0.3 is 0 Å². The smallest absolute Gasteiger partial charge is 0.0722 e. The first-order valence-electron chi connectivity index (χ1n) is 4.92. The van der Waals surface area contributed by atoms with E-state index in [1.54, 1.807) is 0 Å². The van der Waals surface area contributed by atoms with Crippen molar-refractivity contribution in [3.05, 3.63) is 35.9 Å². The summed E-state index contributed by atoms with van der Waals surface area (Å²) in [6.07, 6.45) is 1.63. The lowest BCUT2D eigenvalue weighted by atomic mass is 9.84. The Balaban J connectivity index is 2.27. The van der Waals surface area contributed by atoms with Crippen molar-refractivity contribution in [2.75, 3.05) is 13.2 Å². The fraction of sp³-hybridized carbons (Fsp3) is 0.455. The van der Waals surface area contributed by atoms with E-state index in [0.717, 1.165) is 18.4 Å². The average molecular weight is 193 g/mol. The molecule has 0 spiro atoms. The van der Waals surface area contributed by atoms with Crippen LogP contribution in [0.4, 0.5) is 0 Å². The molecule has 1 aliphatic rings. The molecule has 3 nitrogen and oxygen atoms in total. The van der Waals surface area contributed by atoms with Gasteiger partial charge in [0.15, 0.2) is 0 Å². The van der Waals surface area contributed by atoms with Crippen LogP contribution in [0, 0.1) is 0 Å². The molecule has 0 aliphatic carbocycles. The Morgan fingerprint density at radius 1 is 1.14 bits per heavy atom. The third-order valence-electron chi connectivity index (χ3n) is 2.89. The molecular weight excluding hydrogens is 178 g/mol. The standard InChI is InChI=1S/C11H15NO2/c13-12-11(6-8-14-9-7-11)10-4-2-1-3-5-10/h1-5,12-13H,6-9H2. The van der Waals surface area contributed by atoms with Gasteiger partial charge in [-0.25, -0.2) is 0 Å². The van der Waals surface area contributed by atoms with Gasteiger partial charge in [-0.3, -0.25) is 0 Å². The highest BCUT2D eigenvalue weighted by atomic mass is 16.5. The number of rotatable bonds is 2. The van der Waals surface area contributed by atoms with Crippen molar-refractivity contribution in [2.45, 2.75) is 18.4 Å². The number of hydrogen-bond donors (Lipinski definition) is 2. The summed E-state index contributed by atoms with van der Waals surface area (Å²) in [6, 6.07) is 10.0. The summed E-state index contributed by atoms with van der Waals surface area (Å²) in [4.78, 5) is 0. The van der Waals surface area contributed by atoms with E-state index >= 15 is 0 Å². The summed E-state index contributed by atoms with van der Waals surface area (Å²) in [5.74, 6) is 0. The minimum atomic E-state index is -0.306. The van der Waals surface area contributed by atoms with Gasteiger partial charge in [0.2, 0.25) is 0 Å². The quantitative estimate of drug-likeness (QED) is 0.702. The number of benzene rings is 1. The van der Waals surface area contributed by atoms with Crippen molar-refractivity contribution in [3.63, 3.8) is 0 Å². The molecule has 2 rings (SSSR count). The van der Waals surface area contributed by atoms with Gasteiger partial charge in [-0.2, -0.15) is 5.48 Å². The summed E-state index contributed by atoms with van der Waals surface area (Å²) in [6.45, 7) is 1.39. The second-order valence-electron chi connectivity index (χ2n) is 3.67. The fourth-order valence-electron chi connectivity index (χ4n) is 1.94. The van der Waals surface area contributed by atoms with Crippen LogP contribution in [0.15, 0.2) is 30.3 Å². The minimum Gasteiger partial charge on any atom is -0.381 e. The van der Waals surface area contributed by atoms with Crippen molar-refractivity contribution in [1.82, 2.24) is 5.48 Å². The lowest BCUT2D eigenvalue weighted by molar-refractivity contribution is -0.0288. The first-order chi connectivity index (χ1) is 6.87. The highest BCUT2D eigenvalue weighted by Gasteiger charge is 2.33. The summed E-state index contributed by atoms with van der Waals surface area (Å²) >= 11 is 0. The van der Waals surface area contributed by atoms with Crippen molar-refractivity contribution in [1.29, 1.82) is 0 Å². The molecule has 0 unspecified atom stereocenters. The Morgan fingerprint density at radius 3 is 2.36 bits per heavy atom. The van der Waals surface area contributed by atoms with Crippen LogP contribution in [0.5, 0.6) is 0 Å². The minimum absolute atomic E-state index is 0.306. The number of hydrogen-bond acceptors (Lipinski definition) is 3. The van der Waals surface area contributed by atoms with E-state index in [2.05, 4.69) is 5.48 Å². The molecule has 1 aliphatic heterocycles. The molecule has 0 bridgehead atoms. The van der Waals surface area contributed by atoms with Crippen molar-refractivity contribution in [3.8, 4) is 0 Å². The topological polar surface area (TPSA) is 41.5 Å². The van der Waals surface area contributed by atoms with Gasteiger partial charge in [-0.05, 0) is 18.4 Å². The van der Waals surface area contributed by atoms with Crippen molar-refractivity contribution < 1.29 is 9.94 Å². The molecule has 1 aromatic carbocycles. The Morgan fingerprint density at radius 2 is 1.79 bits per heavy atom. The van der Waals surface area contributed by atoms with Gasteiger partial charge in [-0.1, -0.05) is 30.3 Å². The Labute approximate surface area is 83.7 Å². The molecule has 0 atom stereocenters. The van der Waals surface area contributed by atoms with Gasteiger partial charge in [0.25, 0.3) is 0 Å². The molecule has 0 radical (unpaired) electrons. The molecule has 1 aromatic rings. The summed E-state index contributed by atoms with van der Waals surface area (Å²) in [5.41, 5.74) is 3.28. The van der Waals surface area contributed by atoms with Crippen LogP contribution in [0.25, 0.3) is 0 Å². The zero-order chi connectivity index (χ0) is 9.86. The number of ether oxygens (including phenoxy) is 1. The summed E-state index contributed by atoms with van der Waals surface area (Å²) in [5, 5.41) is 9.29. The van der Waals surface area contributed by atoms with Gasteiger partial charge < -0.3 is 9.94 Å². The summed E-state index contributed by atoms with van der Waals surface area (Å²) in [7, 11) is 0. The number of nitrogens with one attached hydrogen (secondary N) is 1. The van der Waals surface area contributed by atoms with Gasteiger partial charge in [0.05, 0.1) is 5.54 Å². The molecule has 2 N–H and O–H groups in total. The van der Waals surface area contributed by atoms with Crippen LogP contribution in [0.1, 0.15) is 18.4 Å². The number of hydroxylamine groups is 1. The molecule has 14 heavy (non-hydrogen) atoms. The van der Waals surface area contributed by atoms with Crippen molar-refractivity contribution >= 4 is 0 Å². The molecule has 76 valence electrons. The Kier molecular flexibility index (Phi) is 2.82. The lowest BCUT2D eigenvalue weighted by Gasteiger charge is -2.36. The van der Waals surface area contributed by atoms with E-state index in [1.807, 2.05) is 30.3 Å². The monoisotopic (exact) mass is 193 g/mol. The normalized spacial score (nSPS) is 20.6. The van der Waals surface area contributed by atoms with Crippen LogP contribution < -0.4 is 5.48 Å². The lowest BCUT2D eigenvalue weighted by Crippen LogP contribution is -2.45. The maximum absolute atomic E-state index is 9.29. The van der Waals surface area contributed by atoms with E-state index in [0.29, 0.717) is 13.2 Å². The summed E-state index contributed by atoms with van der Waals surface area (Å²) < 4.78 is 5.30. The fourth-order valence-corrected chi connectivity index (χ4v) is 1.94. The highest BCUT2D eigenvalue weighted by Crippen LogP contribution is 2.31. The van der Waals surface area contributed by atoms with E-state index < -0.39 is 0 Å². The van der Waals surface area contributed by atoms with Gasteiger partial charge in [0, 0.05) is 13.2 Å². The Bertz CT molecular complexity index is 281. The predicted molar refractivity (Wildman–Crippen MR) is 53.1 cm³/mol. The molecule has 0 saturated carbocycles. The van der Waals surface area contributed by atoms with Crippen LogP contribution >= 0.6 is 0 Å². The van der Waals surface area contributed by atoms with E-state index in [-0.39, 0.29) is 5.54 Å². The SMILES string of the molecule is ONC1(c2ccccc2)CCOCC1. The van der Waals surface area contributed by atoms with Crippen LogP contribution in [-0.2, 0) is 10.3 Å². The van der Waals surface area contributed by atoms with Crippen LogP contribution in [0.2, 0.25) is 0 Å².